The quantitative estimate of drug-likeness (QED) is 0.798. The number of furan rings is 1. The standard InChI is InChI=1S/C16H21N3O4/c1-10-8-12(11(2)23-10)16(3,22)9-17-15(21)18-13-6-5-7-19(4)14(13)20/h5-8,22H,9H2,1-4H3,(H2,17,18,21)/t16-/m0/s1. The largest absolute Gasteiger partial charge is 0.466 e. The molecule has 0 bridgehead atoms. The van der Waals surface area contributed by atoms with Crippen LogP contribution in [0.15, 0.2) is 33.6 Å². The normalized spacial score (nSPS) is 13.4. The monoisotopic (exact) mass is 319 g/mol. The van der Waals surface area contributed by atoms with Crippen molar-refractivity contribution in [1.82, 2.24) is 9.88 Å². The van der Waals surface area contributed by atoms with Crippen molar-refractivity contribution in [3.8, 4) is 0 Å². The molecule has 0 aromatic carbocycles. The summed E-state index contributed by atoms with van der Waals surface area (Å²) in [5, 5.41) is 15.6. The maximum atomic E-state index is 11.9. The SMILES string of the molecule is Cc1cc([C@@](C)(O)CNC(=O)Nc2cccn(C)c2=O)c(C)o1. The maximum Gasteiger partial charge on any atom is 0.319 e. The average molecular weight is 319 g/mol. The minimum atomic E-state index is -1.28. The fraction of sp³-hybridized carbons (Fsp3) is 0.375. The van der Waals surface area contributed by atoms with E-state index in [0.29, 0.717) is 17.1 Å². The summed E-state index contributed by atoms with van der Waals surface area (Å²) in [6.07, 6.45) is 1.60. The Bertz CT molecular complexity index is 774. The van der Waals surface area contributed by atoms with Crippen molar-refractivity contribution in [2.75, 3.05) is 11.9 Å². The molecule has 2 heterocycles. The minimum Gasteiger partial charge on any atom is -0.466 e. The Kier molecular flexibility index (Phi) is 4.60. The van der Waals surface area contributed by atoms with Crippen LogP contribution < -0.4 is 16.2 Å². The first kappa shape index (κ1) is 16.8. The zero-order valence-corrected chi connectivity index (χ0v) is 13.6. The van der Waals surface area contributed by atoms with E-state index in [1.54, 1.807) is 46.1 Å². The molecule has 3 N–H and O–H groups in total. The third-order valence-electron chi connectivity index (χ3n) is 3.59. The number of amides is 2. The Morgan fingerprint density at radius 3 is 2.74 bits per heavy atom. The van der Waals surface area contributed by atoms with Gasteiger partial charge in [0.2, 0.25) is 0 Å². The second kappa shape index (κ2) is 6.29. The summed E-state index contributed by atoms with van der Waals surface area (Å²) in [5.74, 6) is 1.29. The molecule has 0 radical (unpaired) electrons. The molecule has 0 aliphatic rings. The van der Waals surface area contributed by atoms with E-state index in [9.17, 15) is 14.7 Å². The molecule has 2 amide bonds. The topological polar surface area (TPSA) is 96.5 Å². The highest BCUT2D eigenvalue weighted by atomic mass is 16.3. The fourth-order valence-corrected chi connectivity index (χ4v) is 2.37. The Balaban J connectivity index is 2.02. The highest BCUT2D eigenvalue weighted by Crippen LogP contribution is 2.26. The number of hydrogen-bond acceptors (Lipinski definition) is 4. The molecular formula is C16H21N3O4. The molecular weight excluding hydrogens is 298 g/mol. The molecule has 2 aromatic heterocycles. The van der Waals surface area contributed by atoms with Gasteiger partial charge in [0.25, 0.3) is 5.56 Å². The van der Waals surface area contributed by atoms with Crippen LogP contribution in [0.5, 0.6) is 0 Å². The fourth-order valence-electron chi connectivity index (χ4n) is 2.37. The summed E-state index contributed by atoms with van der Waals surface area (Å²) in [6, 6.07) is 4.35. The van der Waals surface area contributed by atoms with Crippen molar-refractivity contribution in [3.63, 3.8) is 0 Å². The Morgan fingerprint density at radius 1 is 1.43 bits per heavy atom. The van der Waals surface area contributed by atoms with Crippen LogP contribution in [-0.2, 0) is 12.6 Å². The van der Waals surface area contributed by atoms with E-state index in [0.717, 1.165) is 0 Å². The third kappa shape index (κ3) is 3.81. The zero-order valence-electron chi connectivity index (χ0n) is 13.6. The molecule has 7 nitrogen and oxygen atoms in total. The predicted molar refractivity (Wildman–Crippen MR) is 86.5 cm³/mol. The van der Waals surface area contributed by atoms with Crippen molar-refractivity contribution < 1.29 is 14.3 Å². The first-order valence-electron chi connectivity index (χ1n) is 7.21. The van der Waals surface area contributed by atoms with E-state index in [4.69, 9.17) is 4.42 Å². The van der Waals surface area contributed by atoms with Gasteiger partial charge in [0.15, 0.2) is 0 Å². The van der Waals surface area contributed by atoms with E-state index in [-0.39, 0.29) is 17.8 Å². The summed E-state index contributed by atoms with van der Waals surface area (Å²) in [5.41, 5.74) is -0.801. The smallest absolute Gasteiger partial charge is 0.319 e. The highest BCUT2D eigenvalue weighted by molar-refractivity contribution is 5.89. The summed E-state index contributed by atoms with van der Waals surface area (Å²) in [6.45, 7) is 5.11. The lowest BCUT2D eigenvalue weighted by Crippen LogP contribution is -2.41. The van der Waals surface area contributed by atoms with Crippen LogP contribution in [0.25, 0.3) is 0 Å². The van der Waals surface area contributed by atoms with Gasteiger partial charge in [-0.15, -0.1) is 0 Å². The van der Waals surface area contributed by atoms with Gasteiger partial charge in [-0.25, -0.2) is 4.79 Å². The number of aryl methyl sites for hydroxylation is 3. The number of aliphatic hydroxyl groups is 1. The van der Waals surface area contributed by atoms with E-state index in [2.05, 4.69) is 10.6 Å². The Labute approximate surface area is 133 Å². The second-order valence-electron chi connectivity index (χ2n) is 5.75. The van der Waals surface area contributed by atoms with Crippen molar-refractivity contribution in [2.45, 2.75) is 26.4 Å². The number of nitrogens with one attached hydrogen (secondary N) is 2. The van der Waals surface area contributed by atoms with Crippen LogP contribution in [0.3, 0.4) is 0 Å². The number of aromatic nitrogens is 1. The van der Waals surface area contributed by atoms with Gasteiger partial charge >= 0.3 is 6.03 Å². The van der Waals surface area contributed by atoms with Gasteiger partial charge in [-0.2, -0.15) is 0 Å². The number of pyridine rings is 1. The molecule has 7 heteroatoms. The number of nitrogens with zero attached hydrogens (tertiary/aromatic N) is 1. The zero-order chi connectivity index (χ0) is 17.2. The first-order valence-corrected chi connectivity index (χ1v) is 7.21. The van der Waals surface area contributed by atoms with Gasteiger partial charge in [-0.05, 0) is 39.0 Å². The van der Waals surface area contributed by atoms with Gasteiger partial charge in [0, 0.05) is 18.8 Å². The van der Waals surface area contributed by atoms with Gasteiger partial charge in [0.05, 0.1) is 6.54 Å². The van der Waals surface area contributed by atoms with Crippen molar-refractivity contribution in [1.29, 1.82) is 0 Å². The molecule has 0 saturated carbocycles. The molecule has 124 valence electrons. The third-order valence-corrected chi connectivity index (χ3v) is 3.59. The summed E-state index contributed by atoms with van der Waals surface area (Å²) in [4.78, 5) is 23.8. The molecule has 2 rings (SSSR count). The lowest BCUT2D eigenvalue weighted by atomic mass is 9.96. The molecule has 2 aromatic rings. The molecule has 0 aliphatic carbocycles. The van der Waals surface area contributed by atoms with E-state index in [1.165, 1.54) is 10.6 Å². The minimum absolute atomic E-state index is 0.0220. The lowest BCUT2D eigenvalue weighted by Gasteiger charge is -2.23. The number of carbonyl (C=O) groups is 1. The van der Waals surface area contributed by atoms with Gasteiger partial charge in [-0.3, -0.25) is 4.79 Å². The molecule has 0 spiro atoms. The summed E-state index contributed by atoms with van der Waals surface area (Å²) < 4.78 is 6.76. The maximum absolute atomic E-state index is 11.9. The number of anilines is 1. The summed E-state index contributed by atoms with van der Waals surface area (Å²) >= 11 is 0. The second-order valence-corrected chi connectivity index (χ2v) is 5.75. The van der Waals surface area contributed by atoms with Crippen molar-refractivity contribution >= 4 is 11.7 Å². The van der Waals surface area contributed by atoms with Gasteiger partial charge in [-0.1, -0.05) is 0 Å². The average Bonchev–Trinajstić information content (AvgIpc) is 2.82. The van der Waals surface area contributed by atoms with Crippen LogP contribution in [0.2, 0.25) is 0 Å². The van der Waals surface area contributed by atoms with Crippen LogP contribution in [0.1, 0.15) is 24.0 Å². The molecule has 0 fully saturated rings. The van der Waals surface area contributed by atoms with Crippen LogP contribution in [0, 0.1) is 13.8 Å². The molecule has 1 atom stereocenters. The Hall–Kier alpha value is -2.54. The van der Waals surface area contributed by atoms with E-state index in [1.807, 2.05) is 0 Å². The van der Waals surface area contributed by atoms with Gasteiger partial charge in [0.1, 0.15) is 22.8 Å². The van der Waals surface area contributed by atoms with Crippen molar-refractivity contribution in [3.05, 3.63) is 51.8 Å². The molecule has 0 saturated heterocycles. The summed E-state index contributed by atoms with van der Waals surface area (Å²) in [7, 11) is 1.60. The molecule has 0 aliphatic heterocycles. The van der Waals surface area contributed by atoms with E-state index >= 15 is 0 Å². The lowest BCUT2D eigenvalue weighted by molar-refractivity contribution is 0.0584. The first-order chi connectivity index (χ1) is 10.7. The van der Waals surface area contributed by atoms with Crippen molar-refractivity contribution in [2.24, 2.45) is 7.05 Å². The number of rotatable bonds is 4. The predicted octanol–water partition coefficient (Wildman–Crippen LogP) is 1.62. The molecule has 23 heavy (non-hydrogen) atoms. The highest BCUT2D eigenvalue weighted by Gasteiger charge is 2.28. The van der Waals surface area contributed by atoms with E-state index < -0.39 is 11.6 Å². The number of urea groups is 1. The van der Waals surface area contributed by atoms with Crippen LogP contribution in [-0.4, -0.2) is 22.2 Å². The number of hydrogen-bond donors (Lipinski definition) is 3. The molecule has 0 unspecified atom stereocenters. The Morgan fingerprint density at radius 2 is 2.13 bits per heavy atom. The van der Waals surface area contributed by atoms with Gasteiger partial charge < -0.3 is 24.7 Å². The van der Waals surface area contributed by atoms with Crippen LogP contribution >= 0.6 is 0 Å². The van der Waals surface area contributed by atoms with Crippen LogP contribution in [0.4, 0.5) is 10.5 Å². The number of carbonyl (C=O) groups excluding carboxylic acids is 1.